The van der Waals surface area contributed by atoms with Crippen molar-refractivity contribution in [1.29, 1.82) is 0 Å². The van der Waals surface area contributed by atoms with Gasteiger partial charge in [0.15, 0.2) is 0 Å². The fourth-order valence-electron chi connectivity index (χ4n) is 1.60. The normalized spacial score (nSPS) is 13.3. The molecule has 2 N–H and O–H groups in total. The molecule has 1 atom stereocenters. The van der Waals surface area contributed by atoms with Crippen molar-refractivity contribution in [1.82, 2.24) is 0 Å². The van der Waals surface area contributed by atoms with E-state index in [-0.39, 0.29) is 11.3 Å². The molecule has 1 unspecified atom stereocenters. The first-order chi connectivity index (χ1) is 8.87. The standard InChI is InChI=1S/C12H9ClF3NOS/c13-10-6-5-9(19-10)11(17)7-3-1-2-4-8(7)18-12(14,15)16/h1-6,11H,17H2. The van der Waals surface area contributed by atoms with E-state index in [1.807, 2.05) is 0 Å². The highest BCUT2D eigenvalue weighted by atomic mass is 35.5. The van der Waals surface area contributed by atoms with Crippen molar-refractivity contribution in [2.75, 3.05) is 0 Å². The molecule has 1 aromatic heterocycles. The number of halogens is 4. The van der Waals surface area contributed by atoms with E-state index in [4.69, 9.17) is 17.3 Å². The second kappa shape index (κ2) is 5.40. The van der Waals surface area contributed by atoms with E-state index in [2.05, 4.69) is 4.74 Å². The van der Waals surface area contributed by atoms with Crippen LogP contribution < -0.4 is 10.5 Å². The summed E-state index contributed by atoms with van der Waals surface area (Å²) >= 11 is 7.01. The van der Waals surface area contributed by atoms with Crippen LogP contribution in [0.5, 0.6) is 5.75 Å². The summed E-state index contributed by atoms with van der Waals surface area (Å²) in [6, 6.07) is 8.41. The second-order valence-corrected chi connectivity index (χ2v) is 5.45. The lowest BCUT2D eigenvalue weighted by Gasteiger charge is -2.16. The minimum atomic E-state index is -4.75. The van der Waals surface area contributed by atoms with Crippen molar-refractivity contribution in [3.63, 3.8) is 0 Å². The predicted octanol–water partition coefficient (Wildman–Crippen LogP) is 4.35. The minimum Gasteiger partial charge on any atom is -0.405 e. The molecule has 0 aliphatic carbocycles. The summed E-state index contributed by atoms with van der Waals surface area (Å²) < 4.78 is 41.4. The van der Waals surface area contributed by atoms with Crippen molar-refractivity contribution < 1.29 is 17.9 Å². The number of rotatable bonds is 3. The number of ether oxygens (including phenoxy) is 1. The first kappa shape index (κ1) is 14.2. The Morgan fingerprint density at radius 2 is 1.84 bits per heavy atom. The third-order valence-electron chi connectivity index (χ3n) is 2.38. The van der Waals surface area contributed by atoms with Crippen LogP contribution in [-0.4, -0.2) is 6.36 Å². The smallest absolute Gasteiger partial charge is 0.405 e. The molecule has 0 saturated heterocycles. The van der Waals surface area contributed by atoms with Crippen LogP contribution in [0.1, 0.15) is 16.5 Å². The Hall–Kier alpha value is -1.24. The van der Waals surface area contributed by atoms with Gasteiger partial charge in [0.05, 0.1) is 10.4 Å². The Balaban J connectivity index is 2.34. The van der Waals surface area contributed by atoms with Crippen LogP contribution >= 0.6 is 22.9 Å². The topological polar surface area (TPSA) is 35.2 Å². The summed E-state index contributed by atoms with van der Waals surface area (Å²) in [7, 11) is 0. The molecule has 0 fully saturated rings. The lowest BCUT2D eigenvalue weighted by atomic mass is 10.1. The van der Waals surface area contributed by atoms with Crippen LogP contribution in [0.4, 0.5) is 13.2 Å². The molecular weight excluding hydrogens is 299 g/mol. The van der Waals surface area contributed by atoms with E-state index in [1.165, 1.54) is 29.5 Å². The fourth-order valence-corrected chi connectivity index (χ4v) is 2.69. The zero-order valence-corrected chi connectivity index (χ0v) is 11.0. The average Bonchev–Trinajstić information content (AvgIpc) is 2.74. The highest BCUT2D eigenvalue weighted by Crippen LogP contribution is 2.35. The van der Waals surface area contributed by atoms with Crippen molar-refractivity contribution in [2.45, 2.75) is 12.4 Å². The summed E-state index contributed by atoms with van der Waals surface area (Å²) in [6.07, 6.45) is -4.75. The Morgan fingerprint density at radius 1 is 1.16 bits per heavy atom. The zero-order valence-electron chi connectivity index (χ0n) is 9.45. The van der Waals surface area contributed by atoms with E-state index in [9.17, 15) is 13.2 Å². The number of alkyl halides is 3. The van der Waals surface area contributed by atoms with Gasteiger partial charge in [-0.25, -0.2) is 0 Å². The number of hydrogen-bond donors (Lipinski definition) is 1. The maximum atomic E-state index is 12.3. The van der Waals surface area contributed by atoms with Crippen LogP contribution in [0.2, 0.25) is 4.34 Å². The molecule has 0 aliphatic rings. The van der Waals surface area contributed by atoms with Crippen LogP contribution in [0.25, 0.3) is 0 Å². The molecule has 0 spiro atoms. The maximum Gasteiger partial charge on any atom is 0.573 e. The minimum absolute atomic E-state index is 0.262. The largest absolute Gasteiger partial charge is 0.573 e. The Kier molecular flexibility index (Phi) is 4.03. The van der Waals surface area contributed by atoms with Gasteiger partial charge in [-0.1, -0.05) is 29.8 Å². The molecule has 0 amide bonds. The van der Waals surface area contributed by atoms with Gasteiger partial charge in [0.2, 0.25) is 0 Å². The molecule has 102 valence electrons. The SMILES string of the molecule is NC(c1ccc(Cl)s1)c1ccccc1OC(F)(F)F. The van der Waals surface area contributed by atoms with Gasteiger partial charge in [-0.15, -0.1) is 24.5 Å². The van der Waals surface area contributed by atoms with Crippen molar-refractivity contribution >= 4 is 22.9 Å². The molecule has 0 aliphatic heterocycles. The van der Waals surface area contributed by atoms with Crippen LogP contribution in [0, 0.1) is 0 Å². The van der Waals surface area contributed by atoms with Gasteiger partial charge < -0.3 is 10.5 Å². The molecule has 19 heavy (non-hydrogen) atoms. The van der Waals surface area contributed by atoms with Gasteiger partial charge in [-0.3, -0.25) is 0 Å². The quantitative estimate of drug-likeness (QED) is 0.915. The predicted molar refractivity (Wildman–Crippen MR) is 68.5 cm³/mol. The Morgan fingerprint density at radius 3 is 2.42 bits per heavy atom. The molecule has 0 radical (unpaired) electrons. The second-order valence-electron chi connectivity index (χ2n) is 3.71. The monoisotopic (exact) mass is 307 g/mol. The molecule has 2 nitrogen and oxygen atoms in total. The first-order valence-electron chi connectivity index (χ1n) is 5.22. The van der Waals surface area contributed by atoms with Crippen molar-refractivity contribution in [3.05, 3.63) is 51.2 Å². The van der Waals surface area contributed by atoms with Crippen molar-refractivity contribution in [3.8, 4) is 5.75 Å². The Bertz CT molecular complexity index is 570. The van der Waals surface area contributed by atoms with E-state index >= 15 is 0 Å². The summed E-state index contributed by atoms with van der Waals surface area (Å²) in [5.41, 5.74) is 6.22. The van der Waals surface area contributed by atoms with Gasteiger partial charge >= 0.3 is 6.36 Å². The maximum absolute atomic E-state index is 12.3. The lowest BCUT2D eigenvalue weighted by molar-refractivity contribution is -0.274. The van der Waals surface area contributed by atoms with Gasteiger partial charge in [0.25, 0.3) is 0 Å². The van der Waals surface area contributed by atoms with E-state index in [0.29, 0.717) is 9.21 Å². The molecule has 0 bridgehead atoms. The van der Waals surface area contributed by atoms with Gasteiger partial charge in [-0.2, -0.15) is 0 Å². The number of para-hydroxylation sites is 1. The molecule has 2 rings (SSSR count). The highest BCUT2D eigenvalue weighted by Gasteiger charge is 2.32. The summed E-state index contributed by atoms with van der Waals surface area (Å²) in [4.78, 5) is 0.670. The van der Waals surface area contributed by atoms with Gasteiger partial charge in [0.1, 0.15) is 5.75 Å². The van der Waals surface area contributed by atoms with E-state index < -0.39 is 12.4 Å². The number of hydrogen-bond acceptors (Lipinski definition) is 3. The van der Waals surface area contributed by atoms with E-state index in [0.717, 1.165) is 0 Å². The summed E-state index contributed by atoms with van der Waals surface area (Å²) in [5.74, 6) is -0.299. The van der Waals surface area contributed by atoms with Gasteiger partial charge in [0, 0.05) is 10.4 Å². The number of thiophene rings is 1. The van der Waals surface area contributed by atoms with Crippen molar-refractivity contribution in [2.24, 2.45) is 5.73 Å². The summed E-state index contributed by atoms with van der Waals surface area (Å²) in [6.45, 7) is 0. The number of nitrogens with two attached hydrogens (primary N) is 1. The zero-order chi connectivity index (χ0) is 14.0. The summed E-state index contributed by atoms with van der Waals surface area (Å²) in [5, 5.41) is 0. The number of benzene rings is 1. The average molecular weight is 308 g/mol. The highest BCUT2D eigenvalue weighted by molar-refractivity contribution is 7.16. The fraction of sp³-hybridized carbons (Fsp3) is 0.167. The lowest BCUT2D eigenvalue weighted by Crippen LogP contribution is -2.20. The molecule has 1 aromatic carbocycles. The molecule has 2 aromatic rings. The third-order valence-corrected chi connectivity index (χ3v) is 3.69. The first-order valence-corrected chi connectivity index (χ1v) is 6.42. The molecular formula is C12H9ClF3NOS. The molecule has 7 heteroatoms. The molecule has 0 saturated carbocycles. The van der Waals surface area contributed by atoms with Crippen LogP contribution in [0.15, 0.2) is 36.4 Å². The van der Waals surface area contributed by atoms with Crippen LogP contribution in [-0.2, 0) is 0 Å². The molecule has 1 heterocycles. The Labute approximate surface area is 116 Å². The van der Waals surface area contributed by atoms with Crippen LogP contribution in [0.3, 0.4) is 0 Å². The van der Waals surface area contributed by atoms with E-state index in [1.54, 1.807) is 18.2 Å². The third kappa shape index (κ3) is 3.62. The van der Waals surface area contributed by atoms with Gasteiger partial charge in [-0.05, 0) is 18.2 Å².